The van der Waals surface area contributed by atoms with Crippen molar-refractivity contribution in [3.63, 3.8) is 0 Å². The van der Waals surface area contributed by atoms with E-state index in [9.17, 15) is 9.36 Å². The third-order valence-corrected chi connectivity index (χ3v) is 5.45. The molecule has 0 aromatic heterocycles. The van der Waals surface area contributed by atoms with E-state index in [-0.39, 0.29) is 20.2 Å². The first-order valence-electron chi connectivity index (χ1n) is 8.45. The summed E-state index contributed by atoms with van der Waals surface area (Å²) in [5.74, 6) is 0.801. The zero-order valence-electron chi connectivity index (χ0n) is 14.0. The first-order chi connectivity index (χ1) is 10.5. The second-order valence-electron chi connectivity index (χ2n) is 6.78. The minimum atomic E-state index is 0.0434. The molecular weight excluding hydrogens is 291 g/mol. The first-order valence-corrected chi connectivity index (χ1v) is 9.45. The summed E-state index contributed by atoms with van der Waals surface area (Å²) in [6.45, 7) is 6.15. The maximum Gasteiger partial charge on any atom is 0.166 e. The molecule has 0 heterocycles. The topological polar surface area (TPSA) is 34.1 Å². The lowest BCUT2D eigenvalue weighted by molar-refractivity contribution is 0.0840. The quantitative estimate of drug-likeness (QED) is 0.500. The van der Waals surface area contributed by atoms with E-state index >= 15 is 0 Å². The fraction of sp³-hybridized carbons (Fsp3) is 0.632. The van der Waals surface area contributed by atoms with Crippen LogP contribution in [-0.2, 0) is 4.57 Å². The lowest BCUT2D eigenvalue weighted by Gasteiger charge is -2.30. The van der Waals surface area contributed by atoms with E-state index in [0.29, 0.717) is 12.1 Å². The Balaban J connectivity index is 2.30. The van der Waals surface area contributed by atoms with Gasteiger partial charge in [-0.3, -0.25) is 9.36 Å². The lowest BCUT2D eigenvalue weighted by atomic mass is 9.74. The molecule has 0 radical (unpaired) electrons. The molecule has 1 aliphatic rings. The predicted octanol–water partition coefficient (Wildman–Crippen LogP) is 5.67. The average molecular weight is 318 g/mol. The molecular formula is C19H27O2P. The molecule has 0 saturated heterocycles. The van der Waals surface area contributed by atoms with Gasteiger partial charge in [0.05, 0.1) is 0 Å². The Bertz CT molecular complexity index is 521. The molecule has 1 aromatic rings. The van der Waals surface area contributed by atoms with Gasteiger partial charge in [0.25, 0.3) is 0 Å². The first kappa shape index (κ1) is 17.3. The zero-order valence-corrected chi connectivity index (χ0v) is 14.9. The highest BCUT2D eigenvalue weighted by Crippen LogP contribution is 2.35. The summed E-state index contributed by atoms with van der Waals surface area (Å²) in [6.07, 6.45) is 7.40. The van der Waals surface area contributed by atoms with Crippen LogP contribution in [0.4, 0.5) is 0 Å². The Morgan fingerprint density at radius 1 is 1.14 bits per heavy atom. The van der Waals surface area contributed by atoms with Crippen LogP contribution in [0.3, 0.4) is 0 Å². The van der Waals surface area contributed by atoms with Crippen molar-refractivity contribution in [1.29, 1.82) is 0 Å². The summed E-state index contributed by atoms with van der Waals surface area (Å²) in [5, 5.41) is 0. The van der Waals surface area contributed by atoms with Crippen molar-refractivity contribution in [2.24, 2.45) is 11.8 Å². The number of ketones is 1. The van der Waals surface area contributed by atoms with Crippen molar-refractivity contribution in [1.82, 2.24) is 0 Å². The van der Waals surface area contributed by atoms with E-state index in [1.54, 1.807) is 0 Å². The zero-order chi connectivity index (χ0) is 16.1. The highest BCUT2D eigenvalue weighted by molar-refractivity contribution is 7.23. The summed E-state index contributed by atoms with van der Waals surface area (Å²) < 4.78 is 10.9. The lowest BCUT2D eigenvalue weighted by Crippen LogP contribution is -2.27. The van der Waals surface area contributed by atoms with E-state index in [2.05, 4.69) is 19.1 Å². The van der Waals surface area contributed by atoms with Gasteiger partial charge >= 0.3 is 0 Å². The number of carbonyl (C=O) groups is 1. The van der Waals surface area contributed by atoms with Gasteiger partial charge in [0.1, 0.15) is 0 Å². The van der Waals surface area contributed by atoms with Crippen LogP contribution in [0.25, 0.3) is 0 Å². The highest BCUT2D eigenvalue weighted by Gasteiger charge is 2.31. The molecule has 1 aromatic carbocycles. The summed E-state index contributed by atoms with van der Waals surface area (Å²) in [4.78, 5) is 13.2. The maximum atomic E-state index is 13.2. The van der Waals surface area contributed by atoms with Gasteiger partial charge in [0, 0.05) is 17.6 Å². The SMILES string of the molecule is Cc1cc(C)c(C(=O)C(CCP=O)C2CCCCC2)c(C)c1. The van der Waals surface area contributed by atoms with E-state index in [0.717, 1.165) is 36.0 Å². The van der Waals surface area contributed by atoms with Crippen LogP contribution in [0.2, 0.25) is 0 Å². The summed E-state index contributed by atoms with van der Waals surface area (Å²) in [7, 11) is 0.160. The molecule has 0 aliphatic heterocycles. The van der Waals surface area contributed by atoms with Gasteiger partial charge in [0.15, 0.2) is 14.2 Å². The molecule has 1 aliphatic carbocycles. The predicted molar refractivity (Wildman–Crippen MR) is 92.1 cm³/mol. The van der Waals surface area contributed by atoms with Crippen molar-refractivity contribution in [2.45, 2.75) is 59.3 Å². The molecule has 0 spiro atoms. The Kier molecular flexibility index (Phi) is 6.32. The third kappa shape index (κ3) is 4.04. The van der Waals surface area contributed by atoms with Gasteiger partial charge in [-0.25, -0.2) is 0 Å². The maximum absolute atomic E-state index is 13.2. The Morgan fingerprint density at radius 2 is 1.73 bits per heavy atom. The van der Waals surface area contributed by atoms with Gasteiger partial charge in [0.2, 0.25) is 0 Å². The van der Waals surface area contributed by atoms with Crippen LogP contribution >= 0.6 is 8.46 Å². The minimum absolute atomic E-state index is 0.0434. The molecule has 0 N–H and O–H groups in total. The second kappa shape index (κ2) is 8.02. The van der Waals surface area contributed by atoms with E-state index in [1.165, 1.54) is 24.8 Å². The molecule has 1 unspecified atom stereocenters. The number of carbonyl (C=O) groups excluding carboxylic acids is 1. The molecule has 3 heteroatoms. The van der Waals surface area contributed by atoms with Crippen molar-refractivity contribution in [3.8, 4) is 0 Å². The highest BCUT2D eigenvalue weighted by atomic mass is 31.1. The molecule has 120 valence electrons. The van der Waals surface area contributed by atoms with Crippen LogP contribution in [0, 0.1) is 32.6 Å². The van der Waals surface area contributed by atoms with E-state index in [4.69, 9.17) is 0 Å². The molecule has 2 nitrogen and oxygen atoms in total. The van der Waals surface area contributed by atoms with E-state index < -0.39 is 0 Å². The van der Waals surface area contributed by atoms with Gasteiger partial charge in [-0.2, -0.15) is 0 Å². The number of aryl methyl sites for hydroxylation is 3. The fourth-order valence-electron chi connectivity index (χ4n) is 4.06. The van der Waals surface area contributed by atoms with Crippen molar-refractivity contribution >= 4 is 14.2 Å². The van der Waals surface area contributed by atoms with Gasteiger partial charge in [-0.15, -0.1) is 0 Å². The normalized spacial score (nSPS) is 17.6. The molecule has 22 heavy (non-hydrogen) atoms. The van der Waals surface area contributed by atoms with Crippen molar-refractivity contribution in [2.75, 3.05) is 6.16 Å². The van der Waals surface area contributed by atoms with Gasteiger partial charge in [-0.05, 0) is 57.1 Å². The number of hydrogen-bond donors (Lipinski definition) is 0. The molecule has 1 atom stereocenters. The molecule has 1 fully saturated rings. The largest absolute Gasteiger partial charge is 0.294 e. The van der Waals surface area contributed by atoms with Crippen molar-refractivity contribution in [3.05, 3.63) is 34.4 Å². The van der Waals surface area contributed by atoms with Crippen molar-refractivity contribution < 1.29 is 9.36 Å². The van der Waals surface area contributed by atoms with Crippen LogP contribution in [0.5, 0.6) is 0 Å². The average Bonchev–Trinajstić information content (AvgIpc) is 2.47. The fourth-order valence-corrected chi connectivity index (χ4v) is 4.45. The number of benzene rings is 1. The summed E-state index contributed by atoms with van der Waals surface area (Å²) in [5.41, 5.74) is 4.29. The molecule has 0 bridgehead atoms. The van der Waals surface area contributed by atoms with Crippen LogP contribution in [0.1, 0.15) is 65.6 Å². The number of rotatable bonds is 6. The minimum Gasteiger partial charge on any atom is -0.294 e. The monoisotopic (exact) mass is 318 g/mol. The van der Waals surface area contributed by atoms with E-state index in [1.807, 2.05) is 13.8 Å². The standard InChI is InChI=1S/C19H27O2P/c1-13-11-14(2)18(15(3)12-13)19(20)17(9-10-22-21)16-7-5-4-6-8-16/h11-12,16-17H,4-10H2,1-3H3. The van der Waals surface area contributed by atoms with Gasteiger partial charge < -0.3 is 0 Å². The Morgan fingerprint density at radius 3 is 2.27 bits per heavy atom. The van der Waals surface area contributed by atoms with Gasteiger partial charge in [-0.1, -0.05) is 37.0 Å². The molecule has 0 amide bonds. The second-order valence-corrected chi connectivity index (χ2v) is 7.49. The Hall–Kier alpha value is -1.01. The van der Waals surface area contributed by atoms with Crippen LogP contribution < -0.4 is 0 Å². The van der Waals surface area contributed by atoms with Crippen LogP contribution in [0.15, 0.2) is 12.1 Å². The third-order valence-electron chi connectivity index (χ3n) is 5.01. The number of Topliss-reactive ketones (excluding diaryl/α,β-unsaturated/α-hetero) is 1. The number of hydrogen-bond acceptors (Lipinski definition) is 2. The molecule has 1 saturated carbocycles. The van der Waals surface area contributed by atoms with Crippen LogP contribution in [-0.4, -0.2) is 11.9 Å². The smallest absolute Gasteiger partial charge is 0.166 e. The summed E-state index contributed by atoms with van der Waals surface area (Å²) in [6, 6.07) is 4.20. The molecule has 2 rings (SSSR count). The summed E-state index contributed by atoms with van der Waals surface area (Å²) >= 11 is 0. The Labute approximate surface area is 135 Å².